The fourth-order valence-electron chi connectivity index (χ4n) is 3.05. The first kappa shape index (κ1) is 22.8. The summed E-state index contributed by atoms with van der Waals surface area (Å²) in [5, 5.41) is 2.82. The molecule has 0 aromatic heterocycles. The third-order valence-electron chi connectivity index (χ3n) is 4.34. The van der Waals surface area contributed by atoms with Crippen molar-refractivity contribution in [3.63, 3.8) is 0 Å². The van der Waals surface area contributed by atoms with Crippen LogP contribution in [0.25, 0.3) is 0 Å². The van der Waals surface area contributed by atoms with Gasteiger partial charge in [0.1, 0.15) is 0 Å². The molecule has 2 atom stereocenters. The van der Waals surface area contributed by atoms with Crippen molar-refractivity contribution in [3.05, 3.63) is 29.8 Å². The van der Waals surface area contributed by atoms with Crippen molar-refractivity contribution in [2.24, 2.45) is 5.92 Å². The van der Waals surface area contributed by atoms with Crippen molar-refractivity contribution < 1.29 is 22.7 Å². The van der Waals surface area contributed by atoms with E-state index < -0.39 is 10.0 Å². The van der Waals surface area contributed by atoms with Gasteiger partial charge in [-0.25, -0.2) is 8.42 Å². The van der Waals surface area contributed by atoms with Crippen LogP contribution in [0.5, 0.6) is 0 Å². The number of amides is 1. The number of hydrogen-bond donors (Lipinski definition) is 1. The van der Waals surface area contributed by atoms with E-state index in [1.807, 2.05) is 13.8 Å². The Kier molecular flexibility index (Phi) is 8.42. The van der Waals surface area contributed by atoms with Gasteiger partial charge in [0.2, 0.25) is 10.0 Å². The van der Waals surface area contributed by atoms with Gasteiger partial charge < -0.3 is 14.8 Å². The molecule has 8 heteroatoms. The van der Waals surface area contributed by atoms with Gasteiger partial charge in [0.05, 0.1) is 17.1 Å². The number of rotatable bonds is 9. The van der Waals surface area contributed by atoms with Gasteiger partial charge in [0.25, 0.3) is 5.91 Å². The van der Waals surface area contributed by atoms with E-state index in [0.29, 0.717) is 44.3 Å². The molecule has 1 saturated heterocycles. The maximum atomic E-state index is 12.8. The molecule has 158 valence electrons. The van der Waals surface area contributed by atoms with Crippen LogP contribution < -0.4 is 5.32 Å². The molecule has 1 amide bonds. The van der Waals surface area contributed by atoms with E-state index in [2.05, 4.69) is 19.2 Å². The number of benzene rings is 1. The molecule has 1 aromatic rings. The number of hydrogen-bond acceptors (Lipinski definition) is 5. The lowest BCUT2D eigenvalue weighted by molar-refractivity contribution is -0.0440. The number of nitrogens with zero attached hydrogens (tertiary/aromatic N) is 1. The SMILES string of the molecule is CC(C)COCCCNC(=O)c1ccc(S(=O)(=O)N2C[C@@H](C)O[C@H](C)C2)cc1. The molecule has 0 spiro atoms. The van der Waals surface area contributed by atoms with Crippen LogP contribution >= 0.6 is 0 Å². The lowest BCUT2D eigenvalue weighted by Gasteiger charge is -2.34. The molecule has 0 unspecified atom stereocenters. The molecule has 0 bridgehead atoms. The molecule has 28 heavy (non-hydrogen) atoms. The second-order valence-corrected chi connectivity index (χ2v) is 9.62. The van der Waals surface area contributed by atoms with Crippen LogP contribution in [0.15, 0.2) is 29.2 Å². The highest BCUT2D eigenvalue weighted by molar-refractivity contribution is 7.89. The van der Waals surface area contributed by atoms with Gasteiger partial charge >= 0.3 is 0 Å². The largest absolute Gasteiger partial charge is 0.381 e. The lowest BCUT2D eigenvalue weighted by atomic mass is 10.2. The number of morpholine rings is 1. The topological polar surface area (TPSA) is 84.9 Å². The van der Waals surface area contributed by atoms with Crippen LogP contribution in [-0.2, 0) is 19.5 Å². The van der Waals surface area contributed by atoms with E-state index in [1.165, 1.54) is 16.4 Å². The molecule has 7 nitrogen and oxygen atoms in total. The maximum absolute atomic E-state index is 12.8. The first-order chi connectivity index (χ1) is 13.2. The summed E-state index contributed by atoms with van der Waals surface area (Å²) in [6.45, 7) is 10.4. The summed E-state index contributed by atoms with van der Waals surface area (Å²) in [4.78, 5) is 12.4. The Bertz CT molecular complexity index is 723. The van der Waals surface area contributed by atoms with Crippen LogP contribution in [0.3, 0.4) is 0 Å². The van der Waals surface area contributed by atoms with E-state index in [0.717, 1.165) is 6.42 Å². The van der Waals surface area contributed by atoms with Crippen LogP contribution in [0.1, 0.15) is 44.5 Å². The summed E-state index contributed by atoms with van der Waals surface area (Å²) in [6, 6.07) is 6.07. The monoisotopic (exact) mass is 412 g/mol. The summed E-state index contributed by atoms with van der Waals surface area (Å²) >= 11 is 0. The van der Waals surface area contributed by atoms with Gasteiger partial charge in [-0.2, -0.15) is 4.31 Å². The molecule has 1 fully saturated rings. The fraction of sp³-hybridized carbons (Fsp3) is 0.650. The summed E-state index contributed by atoms with van der Waals surface area (Å²) in [6.07, 6.45) is 0.444. The smallest absolute Gasteiger partial charge is 0.251 e. The molecule has 1 aliphatic heterocycles. The molecule has 0 radical (unpaired) electrons. The minimum absolute atomic E-state index is 0.145. The fourth-order valence-corrected chi connectivity index (χ4v) is 4.64. The average molecular weight is 413 g/mol. The second kappa shape index (κ2) is 10.3. The average Bonchev–Trinajstić information content (AvgIpc) is 2.63. The van der Waals surface area contributed by atoms with Crippen molar-refractivity contribution >= 4 is 15.9 Å². The highest BCUT2D eigenvalue weighted by Gasteiger charge is 2.32. The molecular weight excluding hydrogens is 380 g/mol. The van der Waals surface area contributed by atoms with Gasteiger partial charge in [-0.1, -0.05) is 13.8 Å². The predicted octanol–water partition coefficient (Wildman–Crippen LogP) is 2.28. The minimum atomic E-state index is -3.60. The van der Waals surface area contributed by atoms with Gasteiger partial charge in [-0.3, -0.25) is 4.79 Å². The van der Waals surface area contributed by atoms with E-state index in [-0.39, 0.29) is 23.0 Å². The second-order valence-electron chi connectivity index (χ2n) is 7.68. The van der Waals surface area contributed by atoms with E-state index in [9.17, 15) is 13.2 Å². The molecule has 1 N–H and O–H groups in total. The van der Waals surface area contributed by atoms with Gasteiger partial charge in [0, 0.05) is 38.4 Å². The summed E-state index contributed by atoms with van der Waals surface area (Å²) < 4.78 is 38.2. The van der Waals surface area contributed by atoms with Crippen molar-refractivity contribution in [1.82, 2.24) is 9.62 Å². The highest BCUT2D eigenvalue weighted by atomic mass is 32.2. The normalized spacial score (nSPS) is 21.0. The lowest BCUT2D eigenvalue weighted by Crippen LogP contribution is -2.48. The molecule has 1 heterocycles. The first-order valence-corrected chi connectivity index (χ1v) is 11.3. The van der Waals surface area contributed by atoms with Crippen LogP contribution in [0.2, 0.25) is 0 Å². The van der Waals surface area contributed by atoms with Crippen molar-refractivity contribution in [3.8, 4) is 0 Å². The molecular formula is C20H32N2O5S. The third kappa shape index (κ3) is 6.55. The van der Waals surface area contributed by atoms with Gasteiger partial charge in [-0.15, -0.1) is 0 Å². The molecule has 1 aromatic carbocycles. The number of carbonyl (C=O) groups excluding carboxylic acids is 1. The Hall–Kier alpha value is -1.48. The predicted molar refractivity (Wildman–Crippen MR) is 108 cm³/mol. The minimum Gasteiger partial charge on any atom is -0.381 e. The Morgan fingerprint density at radius 1 is 1.21 bits per heavy atom. The van der Waals surface area contributed by atoms with Crippen molar-refractivity contribution in [2.45, 2.75) is 51.2 Å². The molecule has 1 aliphatic rings. The first-order valence-electron chi connectivity index (χ1n) is 9.81. The number of ether oxygens (including phenoxy) is 2. The maximum Gasteiger partial charge on any atom is 0.251 e. The van der Waals surface area contributed by atoms with E-state index in [1.54, 1.807) is 12.1 Å². The Morgan fingerprint density at radius 3 is 2.39 bits per heavy atom. The molecule has 0 aliphatic carbocycles. The van der Waals surface area contributed by atoms with E-state index in [4.69, 9.17) is 9.47 Å². The van der Waals surface area contributed by atoms with Gasteiger partial charge in [-0.05, 0) is 50.5 Å². The van der Waals surface area contributed by atoms with Crippen LogP contribution in [0.4, 0.5) is 0 Å². The number of carbonyl (C=O) groups is 1. The van der Waals surface area contributed by atoms with Crippen LogP contribution in [0, 0.1) is 5.92 Å². The Labute approximate surface area is 168 Å². The zero-order valence-corrected chi connectivity index (χ0v) is 18.0. The zero-order chi connectivity index (χ0) is 20.7. The quantitative estimate of drug-likeness (QED) is 0.629. The van der Waals surface area contributed by atoms with Gasteiger partial charge in [0.15, 0.2) is 0 Å². The van der Waals surface area contributed by atoms with Crippen molar-refractivity contribution in [2.75, 3.05) is 32.8 Å². The van der Waals surface area contributed by atoms with Crippen molar-refractivity contribution in [1.29, 1.82) is 0 Å². The summed E-state index contributed by atoms with van der Waals surface area (Å²) in [5.74, 6) is 0.273. The number of sulfonamides is 1. The third-order valence-corrected chi connectivity index (χ3v) is 6.19. The zero-order valence-electron chi connectivity index (χ0n) is 17.2. The molecule has 0 saturated carbocycles. The highest BCUT2D eigenvalue weighted by Crippen LogP contribution is 2.21. The summed E-state index contributed by atoms with van der Waals surface area (Å²) in [5.41, 5.74) is 0.436. The Morgan fingerprint density at radius 2 is 1.82 bits per heavy atom. The standard InChI is InChI=1S/C20H32N2O5S/c1-15(2)14-26-11-5-10-21-20(23)18-6-8-19(9-7-18)28(24,25)22-12-16(3)27-17(4)13-22/h6-9,15-17H,5,10-14H2,1-4H3,(H,21,23)/t16-,17-/m1/s1. The number of nitrogens with one attached hydrogen (secondary N) is 1. The van der Waals surface area contributed by atoms with E-state index >= 15 is 0 Å². The van der Waals surface area contributed by atoms with Crippen LogP contribution in [-0.4, -0.2) is 63.7 Å². The Balaban J connectivity index is 1.89. The molecule has 2 rings (SSSR count). The summed E-state index contributed by atoms with van der Waals surface area (Å²) in [7, 11) is -3.60.